The van der Waals surface area contributed by atoms with E-state index in [-0.39, 0.29) is 0 Å². The number of hydrogen-bond acceptors (Lipinski definition) is 6. The third-order valence-corrected chi connectivity index (χ3v) is 2.40. The summed E-state index contributed by atoms with van der Waals surface area (Å²) in [4.78, 5) is 8.56. The second-order valence-corrected chi connectivity index (χ2v) is 4.61. The minimum Gasteiger partial charge on any atom is -0.368 e. The zero-order chi connectivity index (χ0) is 13.5. The maximum Gasteiger partial charge on any atom is 0.245 e. The van der Waals surface area contributed by atoms with Crippen molar-refractivity contribution in [1.82, 2.24) is 20.2 Å². The smallest absolute Gasteiger partial charge is 0.245 e. The van der Waals surface area contributed by atoms with Crippen molar-refractivity contribution in [2.45, 2.75) is 20.4 Å². The highest BCUT2D eigenvalue weighted by atomic mass is 15.3. The fourth-order valence-corrected chi connectivity index (χ4v) is 1.44. The summed E-state index contributed by atoms with van der Waals surface area (Å²) >= 11 is 0. The van der Waals surface area contributed by atoms with Gasteiger partial charge in [-0.3, -0.25) is 4.98 Å². The molecule has 0 aliphatic rings. The maximum absolute atomic E-state index is 4.34. The lowest BCUT2D eigenvalue weighted by Gasteiger charge is -2.08. The molecule has 0 fully saturated rings. The van der Waals surface area contributed by atoms with Gasteiger partial charge in [-0.05, 0) is 18.1 Å². The van der Waals surface area contributed by atoms with Crippen LogP contribution in [-0.4, -0.2) is 26.7 Å². The van der Waals surface area contributed by atoms with Crippen LogP contribution in [0.3, 0.4) is 0 Å². The van der Waals surface area contributed by atoms with Gasteiger partial charge in [0.05, 0.1) is 18.4 Å². The van der Waals surface area contributed by atoms with Crippen LogP contribution in [0.4, 0.5) is 11.8 Å². The predicted molar refractivity (Wildman–Crippen MR) is 74.7 cm³/mol. The van der Waals surface area contributed by atoms with Crippen LogP contribution in [0.25, 0.3) is 0 Å². The molecule has 2 rings (SSSR count). The average molecular weight is 258 g/mol. The summed E-state index contributed by atoms with van der Waals surface area (Å²) in [5.74, 6) is 1.78. The summed E-state index contributed by atoms with van der Waals surface area (Å²) in [5.41, 5.74) is 0.937. The van der Waals surface area contributed by atoms with E-state index in [4.69, 9.17) is 0 Å². The van der Waals surface area contributed by atoms with Gasteiger partial charge in [0.2, 0.25) is 5.95 Å². The van der Waals surface area contributed by atoms with E-state index in [2.05, 4.69) is 44.6 Å². The van der Waals surface area contributed by atoms with Crippen molar-refractivity contribution < 1.29 is 0 Å². The molecule has 6 nitrogen and oxygen atoms in total. The highest BCUT2D eigenvalue weighted by Crippen LogP contribution is 2.06. The molecule has 2 heterocycles. The van der Waals surface area contributed by atoms with Gasteiger partial charge in [-0.15, -0.1) is 5.10 Å². The molecule has 0 spiro atoms. The number of nitrogens with zero attached hydrogens (tertiary/aromatic N) is 4. The summed E-state index contributed by atoms with van der Waals surface area (Å²) in [5, 5.41) is 14.2. The van der Waals surface area contributed by atoms with E-state index in [1.165, 1.54) is 0 Å². The Hall–Kier alpha value is -2.24. The zero-order valence-corrected chi connectivity index (χ0v) is 11.2. The molecule has 0 atom stereocenters. The number of pyridine rings is 1. The van der Waals surface area contributed by atoms with E-state index < -0.39 is 0 Å². The van der Waals surface area contributed by atoms with Gasteiger partial charge in [-0.1, -0.05) is 19.9 Å². The van der Waals surface area contributed by atoms with Crippen LogP contribution in [-0.2, 0) is 6.54 Å². The number of nitrogens with one attached hydrogen (secondary N) is 2. The Morgan fingerprint density at radius 1 is 1.21 bits per heavy atom. The first-order chi connectivity index (χ1) is 9.24. The van der Waals surface area contributed by atoms with E-state index in [9.17, 15) is 0 Å². The maximum atomic E-state index is 4.34. The van der Waals surface area contributed by atoms with E-state index in [0.717, 1.165) is 18.1 Å². The Morgan fingerprint density at radius 2 is 2.11 bits per heavy atom. The lowest BCUT2D eigenvalue weighted by molar-refractivity contribution is 0.686. The monoisotopic (exact) mass is 258 g/mol. The first-order valence-electron chi connectivity index (χ1n) is 6.31. The van der Waals surface area contributed by atoms with Gasteiger partial charge in [0.15, 0.2) is 5.82 Å². The molecule has 0 amide bonds. The molecule has 0 radical (unpaired) electrons. The molecule has 2 N–H and O–H groups in total. The van der Waals surface area contributed by atoms with Crippen molar-refractivity contribution in [3.8, 4) is 0 Å². The summed E-state index contributed by atoms with van der Waals surface area (Å²) in [6.07, 6.45) is 3.38. The minimum atomic E-state index is 0.499. The minimum absolute atomic E-state index is 0.499. The molecule has 6 heteroatoms. The van der Waals surface area contributed by atoms with Crippen LogP contribution in [0, 0.1) is 5.92 Å². The van der Waals surface area contributed by atoms with Gasteiger partial charge in [0.25, 0.3) is 0 Å². The molecular weight excluding hydrogens is 240 g/mol. The van der Waals surface area contributed by atoms with E-state index in [1.54, 1.807) is 12.4 Å². The lowest BCUT2D eigenvalue weighted by Crippen LogP contribution is -2.12. The fraction of sp³-hybridized carbons (Fsp3) is 0.385. The zero-order valence-electron chi connectivity index (χ0n) is 11.2. The number of anilines is 2. The van der Waals surface area contributed by atoms with Crippen LogP contribution in [0.15, 0.2) is 30.6 Å². The first kappa shape index (κ1) is 13.2. The summed E-state index contributed by atoms with van der Waals surface area (Å²) in [7, 11) is 0. The molecule has 0 bridgehead atoms. The second kappa shape index (κ2) is 6.63. The Morgan fingerprint density at radius 3 is 2.84 bits per heavy atom. The van der Waals surface area contributed by atoms with Crippen molar-refractivity contribution in [3.63, 3.8) is 0 Å². The Labute approximate surface area is 112 Å². The van der Waals surface area contributed by atoms with E-state index in [1.807, 2.05) is 18.2 Å². The molecule has 0 unspecified atom stereocenters. The predicted octanol–water partition coefficient (Wildman–Crippen LogP) is 1.95. The van der Waals surface area contributed by atoms with Crippen molar-refractivity contribution in [2.24, 2.45) is 5.92 Å². The quantitative estimate of drug-likeness (QED) is 0.824. The summed E-state index contributed by atoms with van der Waals surface area (Å²) in [6.45, 7) is 5.72. The number of aromatic nitrogens is 4. The Kier molecular flexibility index (Phi) is 4.60. The van der Waals surface area contributed by atoms with Crippen LogP contribution in [0.2, 0.25) is 0 Å². The van der Waals surface area contributed by atoms with Crippen molar-refractivity contribution in [2.75, 3.05) is 17.2 Å². The highest BCUT2D eigenvalue weighted by Gasteiger charge is 2.01. The summed E-state index contributed by atoms with van der Waals surface area (Å²) < 4.78 is 0. The van der Waals surface area contributed by atoms with Crippen LogP contribution in [0.1, 0.15) is 19.5 Å². The van der Waals surface area contributed by atoms with Gasteiger partial charge in [0, 0.05) is 12.7 Å². The van der Waals surface area contributed by atoms with E-state index in [0.29, 0.717) is 18.4 Å². The lowest BCUT2D eigenvalue weighted by atomic mass is 10.2. The molecule has 2 aromatic heterocycles. The van der Waals surface area contributed by atoms with Crippen LogP contribution in [0.5, 0.6) is 0 Å². The summed E-state index contributed by atoms with van der Waals surface area (Å²) in [6, 6.07) is 5.78. The standard InChI is InChI=1S/C13H18N6/c1-10(2)7-15-12-9-17-19-13(18-12)16-8-11-5-3-4-6-14-11/h3-6,9-10H,7-8H2,1-2H3,(H2,15,16,18,19). The average Bonchev–Trinajstić information content (AvgIpc) is 2.44. The molecule has 0 aromatic carbocycles. The van der Waals surface area contributed by atoms with Gasteiger partial charge in [0.1, 0.15) is 0 Å². The fourth-order valence-electron chi connectivity index (χ4n) is 1.44. The molecule has 19 heavy (non-hydrogen) atoms. The molecular formula is C13H18N6. The first-order valence-corrected chi connectivity index (χ1v) is 6.31. The third-order valence-electron chi connectivity index (χ3n) is 2.40. The molecule has 0 aliphatic heterocycles. The Bertz CT molecular complexity index is 499. The highest BCUT2D eigenvalue weighted by molar-refractivity contribution is 5.37. The number of hydrogen-bond donors (Lipinski definition) is 2. The largest absolute Gasteiger partial charge is 0.368 e. The van der Waals surface area contributed by atoms with Crippen LogP contribution < -0.4 is 10.6 Å². The Balaban J connectivity index is 1.91. The molecule has 0 saturated heterocycles. The SMILES string of the molecule is CC(C)CNc1cnnc(NCc2ccccn2)n1. The molecule has 0 aliphatic carbocycles. The number of rotatable bonds is 6. The molecule has 0 saturated carbocycles. The van der Waals surface area contributed by atoms with Crippen molar-refractivity contribution in [3.05, 3.63) is 36.3 Å². The van der Waals surface area contributed by atoms with Crippen molar-refractivity contribution >= 4 is 11.8 Å². The molecule has 2 aromatic rings. The van der Waals surface area contributed by atoms with E-state index >= 15 is 0 Å². The second-order valence-electron chi connectivity index (χ2n) is 4.61. The van der Waals surface area contributed by atoms with Gasteiger partial charge < -0.3 is 10.6 Å². The third kappa shape index (κ3) is 4.50. The van der Waals surface area contributed by atoms with Crippen LogP contribution >= 0.6 is 0 Å². The van der Waals surface area contributed by atoms with Gasteiger partial charge in [-0.25, -0.2) is 0 Å². The van der Waals surface area contributed by atoms with Crippen molar-refractivity contribution in [1.29, 1.82) is 0 Å². The molecule has 100 valence electrons. The topological polar surface area (TPSA) is 75.6 Å². The normalized spacial score (nSPS) is 10.5. The van der Waals surface area contributed by atoms with Gasteiger partial charge in [-0.2, -0.15) is 10.1 Å². The van der Waals surface area contributed by atoms with Gasteiger partial charge >= 0.3 is 0 Å².